The summed E-state index contributed by atoms with van der Waals surface area (Å²) in [6.45, 7) is 7.77. The number of ether oxygens (including phenoxy) is 1. The second-order valence-electron chi connectivity index (χ2n) is 9.70. The van der Waals surface area contributed by atoms with Crippen LogP contribution in [0.4, 0.5) is 26.3 Å². The zero-order valence-corrected chi connectivity index (χ0v) is 20.4. The van der Waals surface area contributed by atoms with Gasteiger partial charge in [0.15, 0.2) is 0 Å². The number of carboxylic acid groups (broad SMARTS) is 2. The standard InChI is InChI=1S/C19H30N2O2.2C2HF3O2/c1-20-11-17(14-22-13-16-4-5-16)19(15-20)6-8-21(9-7-19)12-18-3-2-10-23-18;2*3-2(4,5)1(6)7/h2-3,10,16-17H,4-9,11-15H2,1H3;2*(H,6,7). The summed E-state index contributed by atoms with van der Waals surface area (Å²) in [5.74, 6) is -2.83. The average Bonchev–Trinajstić information content (AvgIpc) is 3.37. The summed E-state index contributed by atoms with van der Waals surface area (Å²) in [6, 6.07) is 4.07. The Morgan fingerprint density at radius 3 is 2.03 bits per heavy atom. The van der Waals surface area contributed by atoms with Crippen LogP contribution in [0.15, 0.2) is 22.8 Å². The molecule has 37 heavy (non-hydrogen) atoms. The quantitative estimate of drug-likeness (QED) is 0.514. The minimum Gasteiger partial charge on any atom is -0.475 e. The van der Waals surface area contributed by atoms with Crippen LogP contribution in [-0.2, 0) is 20.9 Å². The van der Waals surface area contributed by atoms with E-state index in [4.69, 9.17) is 29.0 Å². The summed E-state index contributed by atoms with van der Waals surface area (Å²) in [4.78, 5) is 22.9. The van der Waals surface area contributed by atoms with Crippen molar-refractivity contribution in [2.75, 3.05) is 46.4 Å². The number of nitrogens with zero attached hydrogens (tertiary/aromatic N) is 2. The Morgan fingerprint density at radius 1 is 1.05 bits per heavy atom. The lowest BCUT2D eigenvalue weighted by Gasteiger charge is -2.42. The van der Waals surface area contributed by atoms with Gasteiger partial charge < -0.3 is 24.3 Å². The molecule has 1 aromatic rings. The van der Waals surface area contributed by atoms with E-state index in [0.717, 1.165) is 37.4 Å². The van der Waals surface area contributed by atoms with Gasteiger partial charge in [-0.25, -0.2) is 9.59 Å². The van der Waals surface area contributed by atoms with Crippen LogP contribution in [0.25, 0.3) is 0 Å². The maximum Gasteiger partial charge on any atom is 0.490 e. The molecular weight excluding hydrogens is 514 g/mol. The molecule has 2 saturated heterocycles. The van der Waals surface area contributed by atoms with Gasteiger partial charge in [-0.1, -0.05) is 0 Å². The first-order chi connectivity index (χ1) is 17.1. The van der Waals surface area contributed by atoms with Crippen LogP contribution < -0.4 is 0 Å². The number of alkyl halides is 6. The number of carbonyl (C=O) groups is 2. The van der Waals surface area contributed by atoms with E-state index in [1.54, 1.807) is 6.26 Å². The Bertz CT molecular complexity index is 825. The van der Waals surface area contributed by atoms with Gasteiger partial charge in [0, 0.05) is 25.6 Å². The Kier molecular flexibility index (Phi) is 10.8. The number of likely N-dealkylation sites (tertiary alicyclic amines) is 2. The van der Waals surface area contributed by atoms with Crippen molar-refractivity contribution in [3.05, 3.63) is 24.2 Å². The number of halogens is 6. The number of hydrogen-bond acceptors (Lipinski definition) is 6. The highest BCUT2D eigenvalue weighted by Gasteiger charge is 2.47. The van der Waals surface area contributed by atoms with Crippen molar-refractivity contribution in [3.63, 3.8) is 0 Å². The van der Waals surface area contributed by atoms with Crippen LogP contribution in [0, 0.1) is 17.3 Å². The highest BCUT2D eigenvalue weighted by atomic mass is 19.4. The predicted molar refractivity (Wildman–Crippen MR) is 118 cm³/mol. The zero-order valence-electron chi connectivity index (χ0n) is 20.4. The van der Waals surface area contributed by atoms with E-state index in [2.05, 4.69) is 22.9 Å². The van der Waals surface area contributed by atoms with Gasteiger partial charge in [-0.3, -0.25) is 4.90 Å². The van der Waals surface area contributed by atoms with Crippen molar-refractivity contribution in [2.45, 2.75) is 44.6 Å². The molecule has 2 aliphatic heterocycles. The van der Waals surface area contributed by atoms with Gasteiger partial charge in [-0.15, -0.1) is 0 Å². The van der Waals surface area contributed by atoms with Crippen LogP contribution >= 0.6 is 0 Å². The van der Waals surface area contributed by atoms with Crippen LogP contribution in [0.3, 0.4) is 0 Å². The second-order valence-corrected chi connectivity index (χ2v) is 9.70. The number of rotatable bonds is 6. The molecule has 0 radical (unpaired) electrons. The Morgan fingerprint density at radius 2 is 1.59 bits per heavy atom. The molecule has 1 unspecified atom stereocenters. The van der Waals surface area contributed by atoms with Crippen LogP contribution in [-0.4, -0.2) is 90.7 Å². The predicted octanol–water partition coefficient (Wildman–Crippen LogP) is 4.12. The molecule has 3 fully saturated rings. The fraction of sp³-hybridized carbons (Fsp3) is 0.739. The fourth-order valence-electron chi connectivity index (χ4n) is 4.54. The van der Waals surface area contributed by atoms with E-state index in [1.807, 2.05) is 6.07 Å². The molecule has 212 valence electrons. The van der Waals surface area contributed by atoms with Crippen LogP contribution in [0.5, 0.6) is 0 Å². The molecule has 14 heteroatoms. The summed E-state index contributed by atoms with van der Waals surface area (Å²) in [5, 5.41) is 14.2. The zero-order chi connectivity index (χ0) is 27.9. The molecule has 8 nitrogen and oxygen atoms in total. The van der Waals surface area contributed by atoms with Gasteiger partial charge in [0.05, 0.1) is 19.4 Å². The maximum absolute atomic E-state index is 10.6. The first-order valence-corrected chi connectivity index (χ1v) is 11.7. The van der Waals surface area contributed by atoms with Crippen LogP contribution in [0.2, 0.25) is 0 Å². The lowest BCUT2D eigenvalue weighted by molar-refractivity contribution is -0.193. The third kappa shape index (κ3) is 10.5. The van der Waals surface area contributed by atoms with Crippen molar-refractivity contribution in [1.82, 2.24) is 9.80 Å². The second kappa shape index (κ2) is 13.0. The van der Waals surface area contributed by atoms with E-state index in [0.29, 0.717) is 5.41 Å². The first-order valence-electron chi connectivity index (χ1n) is 11.7. The molecule has 0 amide bonds. The van der Waals surface area contributed by atoms with Gasteiger partial charge in [-0.05, 0) is 69.3 Å². The largest absolute Gasteiger partial charge is 0.490 e. The molecule has 2 N–H and O–H groups in total. The number of hydrogen-bond donors (Lipinski definition) is 2. The Balaban J connectivity index is 0.000000286. The van der Waals surface area contributed by atoms with Gasteiger partial charge in [0.1, 0.15) is 5.76 Å². The van der Waals surface area contributed by atoms with E-state index >= 15 is 0 Å². The highest BCUT2D eigenvalue weighted by molar-refractivity contribution is 5.73. The SMILES string of the molecule is CN1CC(COCC2CC2)C2(CCN(Cc3ccco3)CC2)C1.O=C(O)C(F)(F)F.O=C(O)C(F)(F)F. The first kappa shape index (κ1) is 30.9. The summed E-state index contributed by atoms with van der Waals surface area (Å²) >= 11 is 0. The summed E-state index contributed by atoms with van der Waals surface area (Å²) in [7, 11) is 2.28. The molecule has 1 aliphatic carbocycles. The molecule has 1 atom stereocenters. The maximum atomic E-state index is 10.6. The van der Waals surface area contributed by atoms with E-state index < -0.39 is 24.3 Å². The van der Waals surface area contributed by atoms with Crippen LogP contribution in [0.1, 0.15) is 31.4 Å². The monoisotopic (exact) mass is 546 g/mol. The lowest BCUT2D eigenvalue weighted by atomic mass is 9.71. The van der Waals surface area contributed by atoms with Crippen molar-refractivity contribution in [1.29, 1.82) is 0 Å². The molecule has 4 rings (SSSR count). The third-order valence-electron chi connectivity index (χ3n) is 6.65. The number of carboxylic acids is 2. The molecule has 1 saturated carbocycles. The highest BCUT2D eigenvalue weighted by Crippen LogP contribution is 2.44. The van der Waals surface area contributed by atoms with Gasteiger partial charge in [-0.2, -0.15) is 26.3 Å². The molecule has 0 aromatic carbocycles. The van der Waals surface area contributed by atoms with E-state index in [-0.39, 0.29) is 0 Å². The van der Waals surface area contributed by atoms with Crippen molar-refractivity contribution < 1.29 is 55.3 Å². The smallest absolute Gasteiger partial charge is 0.475 e. The molecule has 0 bridgehead atoms. The normalized spacial score (nSPS) is 22.1. The molecule has 1 aromatic heterocycles. The molecular formula is C23H32F6N2O6. The molecule has 3 aliphatic rings. The Hall–Kier alpha value is -2.32. The molecule has 1 spiro atoms. The molecule has 3 heterocycles. The lowest BCUT2D eigenvalue weighted by Crippen LogP contribution is -2.44. The third-order valence-corrected chi connectivity index (χ3v) is 6.65. The minimum atomic E-state index is -5.08. The van der Waals surface area contributed by atoms with E-state index in [1.165, 1.54) is 51.9 Å². The fourth-order valence-corrected chi connectivity index (χ4v) is 4.54. The summed E-state index contributed by atoms with van der Waals surface area (Å²) in [6.07, 6.45) is -3.01. The van der Waals surface area contributed by atoms with Gasteiger partial charge in [0.25, 0.3) is 0 Å². The minimum absolute atomic E-state index is 0.484. The number of furan rings is 1. The summed E-state index contributed by atoms with van der Waals surface area (Å²) < 4.78 is 75.0. The van der Waals surface area contributed by atoms with Crippen molar-refractivity contribution in [2.24, 2.45) is 17.3 Å². The average molecular weight is 547 g/mol. The van der Waals surface area contributed by atoms with Gasteiger partial charge in [0.2, 0.25) is 0 Å². The Labute approximate surface area is 210 Å². The van der Waals surface area contributed by atoms with E-state index in [9.17, 15) is 26.3 Å². The topological polar surface area (TPSA) is 103 Å². The van der Waals surface area contributed by atoms with Crippen molar-refractivity contribution in [3.8, 4) is 0 Å². The van der Waals surface area contributed by atoms with Crippen molar-refractivity contribution >= 4 is 11.9 Å². The number of piperidine rings is 1. The number of aliphatic carboxylic acids is 2. The summed E-state index contributed by atoms with van der Waals surface area (Å²) in [5.41, 5.74) is 0.484. The van der Waals surface area contributed by atoms with Gasteiger partial charge >= 0.3 is 24.3 Å².